The molecule has 0 aliphatic carbocycles. The molecule has 6 nitrogen and oxygen atoms in total. The number of thioether (sulfide) groups is 1. The maximum absolute atomic E-state index is 11.9. The van der Waals surface area contributed by atoms with Crippen molar-refractivity contribution in [1.82, 2.24) is 20.1 Å². The number of carbonyl (C=O) groups excluding carboxylic acids is 1. The topological polar surface area (TPSA) is 69.0 Å². The number of aryl methyl sites for hydroxylation is 1. The van der Waals surface area contributed by atoms with Crippen LogP contribution >= 0.6 is 34.7 Å². The third-order valence-corrected chi connectivity index (χ3v) is 4.96. The Morgan fingerprint density at radius 3 is 3.14 bits per heavy atom. The van der Waals surface area contributed by atoms with Gasteiger partial charge < -0.3 is 14.6 Å². The Hall–Kier alpha value is -1.09. The summed E-state index contributed by atoms with van der Waals surface area (Å²) in [4.78, 5) is 12.9. The largest absolute Gasteiger partial charge is 0.385 e. The molecule has 0 saturated carbocycles. The zero-order chi connectivity index (χ0) is 15.8. The number of carbonyl (C=O) groups is 1. The quantitative estimate of drug-likeness (QED) is 0.549. The molecular formula is C13H17ClN4O2S2. The normalized spacial score (nSPS) is 10.8. The highest BCUT2D eigenvalue weighted by Gasteiger charge is 2.09. The lowest BCUT2D eigenvalue weighted by Gasteiger charge is -2.06. The molecule has 2 heterocycles. The van der Waals surface area contributed by atoms with Crippen LogP contribution in [-0.2, 0) is 22.6 Å². The first kappa shape index (κ1) is 17.3. The molecule has 0 bridgehead atoms. The molecule has 2 rings (SSSR count). The number of methoxy groups -OCH3 is 1. The molecule has 120 valence electrons. The average molecular weight is 361 g/mol. The van der Waals surface area contributed by atoms with Crippen LogP contribution in [0.1, 0.15) is 11.3 Å². The Morgan fingerprint density at radius 2 is 2.41 bits per heavy atom. The highest BCUT2D eigenvalue weighted by molar-refractivity contribution is 7.99. The van der Waals surface area contributed by atoms with Crippen LogP contribution in [0.5, 0.6) is 0 Å². The lowest BCUT2D eigenvalue weighted by atomic mass is 10.4. The number of nitrogens with one attached hydrogen (secondary N) is 1. The molecule has 0 aromatic carbocycles. The van der Waals surface area contributed by atoms with E-state index in [1.807, 2.05) is 16.7 Å². The summed E-state index contributed by atoms with van der Waals surface area (Å²) in [6.07, 6.45) is 2.55. The first-order chi connectivity index (χ1) is 10.7. The molecule has 1 N–H and O–H groups in total. The molecule has 0 aliphatic heterocycles. The molecule has 1 amide bonds. The number of thiophene rings is 1. The van der Waals surface area contributed by atoms with E-state index in [0.717, 1.165) is 27.3 Å². The van der Waals surface area contributed by atoms with E-state index >= 15 is 0 Å². The van der Waals surface area contributed by atoms with Gasteiger partial charge >= 0.3 is 0 Å². The fourth-order valence-corrected chi connectivity index (χ4v) is 3.50. The Balaban J connectivity index is 1.73. The van der Waals surface area contributed by atoms with E-state index in [2.05, 4.69) is 15.5 Å². The lowest BCUT2D eigenvalue weighted by Crippen LogP contribution is -2.24. The van der Waals surface area contributed by atoms with E-state index in [1.165, 1.54) is 23.1 Å². The minimum absolute atomic E-state index is 0.0408. The van der Waals surface area contributed by atoms with Crippen molar-refractivity contribution in [2.75, 3.05) is 19.5 Å². The molecule has 0 fully saturated rings. The van der Waals surface area contributed by atoms with Crippen molar-refractivity contribution in [3.63, 3.8) is 0 Å². The van der Waals surface area contributed by atoms with Gasteiger partial charge in [0.1, 0.15) is 6.33 Å². The second kappa shape index (κ2) is 9.14. The summed E-state index contributed by atoms with van der Waals surface area (Å²) < 4.78 is 7.67. The summed E-state index contributed by atoms with van der Waals surface area (Å²) in [5, 5.41) is 11.5. The Bertz CT molecular complexity index is 602. The number of halogens is 1. The highest BCUT2D eigenvalue weighted by atomic mass is 35.5. The summed E-state index contributed by atoms with van der Waals surface area (Å²) in [6.45, 7) is 1.96. The number of ether oxygens (including phenoxy) is 1. The average Bonchev–Trinajstić information content (AvgIpc) is 3.12. The van der Waals surface area contributed by atoms with Gasteiger partial charge in [-0.1, -0.05) is 23.4 Å². The maximum Gasteiger partial charge on any atom is 0.230 e. The third-order valence-electron chi connectivity index (χ3n) is 2.75. The van der Waals surface area contributed by atoms with Gasteiger partial charge in [-0.2, -0.15) is 0 Å². The van der Waals surface area contributed by atoms with Crippen LogP contribution in [0.2, 0.25) is 4.34 Å². The summed E-state index contributed by atoms with van der Waals surface area (Å²) in [5.41, 5.74) is 0. The third kappa shape index (κ3) is 5.60. The summed E-state index contributed by atoms with van der Waals surface area (Å²) in [5.74, 6) is 0.267. The fraction of sp³-hybridized carbons (Fsp3) is 0.462. The predicted molar refractivity (Wildman–Crippen MR) is 88.4 cm³/mol. The van der Waals surface area contributed by atoms with Gasteiger partial charge in [0.15, 0.2) is 5.16 Å². The van der Waals surface area contributed by atoms with Gasteiger partial charge in [-0.05, 0) is 18.6 Å². The van der Waals surface area contributed by atoms with Gasteiger partial charge in [0, 0.05) is 25.1 Å². The van der Waals surface area contributed by atoms with Gasteiger partial charge in [-0.25, -0.2) is 0 Å². The molecule has 22 heavy (non-hydrogen) atoms. The number of amides is 1. The van der Waals surface area contributed by atoms with Crippen LogP contribution in [0.15, 0.2) is 23.6 Å². The molecule has 0 radical (unpaired) electrons. The summed E-state index contributed by atoms with van der Waals surface area (Å²) >= 11 is 8.69. The second-order valence-electron chi connectivity index (χ2n) is 4.42. The van der Waals surface area contributed by atoms with E-state index in [1.54, 1.807) is 13.4 Å². The summed E-state index contributed by atoms with van der Waals surface area (Å²) in [6, 6.07) is 3.73. The van der Waals surface area contributed by atoms with E-state index in [9.17, 15) is 4.79 Å². The van der Waals surface area contributed by atoms with E-state index < -0.39 is 0 Å². The van der Waals surface area contributed by atoms with Crippen molar-refractivity contribution in [3.05, 3.63) is 27.7 Å². The molecule has 0 spiro atoms. The van der Waals surface area contributed by atoms with Gasteiger partial charge in [-0.3, -0.25) is 4.79 Å². The van der Waals surface area contributed by atoms with E-state index in [4.69, 9.17) is 16.3 Å². The number of hydrogen-bond acceptors (Lipinski definition) is 6. The van der Waals surface area contributed by atoms with Gasteiger partial charge in [0.05, 0.1) is 16.6 Å². The number of aromatic nitrogens is 3. The molecule has 9 heteroatoms. The zero-order valence-electron chi connectivity index (χ0n) is 12.1. The number of rotatable bonds is 9. The van der Waals surface area contributed by atoms with Gasteiger partial charge in [-0.15, -0.1) is 21.5 Å². The minimum Gasteiger partial charge on any atom is -0.385 e. The fourth-order valence-electron chi connectivity index (χ4n) is 1.70. The van der Waals surface area contributed by atoms with Gasteiger partial charge in [0.2, 0.25) is 5.91 Å². The molecular weight excluding hydrogens is 344 g/mol. The van der Waals surface area contributed by atoms with Crippen LogP contribution in [0.25, 0.3) is 0 Å². The standard InChI is InChI=1S/C13H17ClN4O2S2/c1-20-6-2-5-18-9-16-17-13(18)21-8-12(19)15-7-10-3-4-11(14)22-10/h3-4,9H,2,5-8H2,1H3,(H,15,19). The predicted octanol–water partition coefficient (Wildman–Crippen LogP) is 2.44. The first-order valence-corrected chi connectivity index (χ1v) is 8.87. The van der Waals surface area contributed by atoms with Crippen LogP contribution in [0, 0.1) is 0 Å². The Kier molecular flexibility index (Phi) is 7.17. The minimum atomic E-state index is -0.0408. The lowest BCUT2D eigenvalue weighted by molar-refractivity contribution is -0.118. The van der Waals surface area contributed by atoms with Crippen molar-refractivity contribution in [1.29, 1.82) is 0 Å². The molecule has 0 atom stereocenters. The van der Waals surface area contributed by atoms with Crippen molar-refractivity contribution in [2.24, 2.45) is 0 Å². The first-order valence-electron chi connectivity index (χ1n) is 6.69. The smallest absolute Gasteiger partial charge is 0.230 e. The van der Waals surface area contributed by atoms with Crippen LogP contribution in [0.3, 0.4) is 0 Å². The molecule has 0 aliphatic rings. The van der Waals surface area contributed by atoms with Crippen molar-refractivity contribution in [3.8, 4) is 0 Å². The maximum atomic E-state index is 11.9. The van der Waals surface area contributed by atoms with Crippen LogP contribution in [-0.4, -0.2) is 40.1 Å². The number of hydrogen-bond donors (Lipinski definition) is 1. The van der Waals surface area contributed by atoms with Crippen molar-refractivity contribution in [2.45, 2.75) is 24.7 Å². The van der Waals surface area contributed by atoms with Crippen LogP contribution < -0.4 is 5.32 Å². The van der Waals surface area contributed by atoms with E-state index in [-0.39, 0.29) is 5.91 Å². The van der Waals surface area contributed by atoms with Gasteiger partial charge in [0.25, 0.3) is 0 Å². The highest BCUT2D eigenvalue weighted by Crippen LogP contribution is 2.21. The van der Waals surface area contributed by atoms with Crippen LogP contribution in [0.4, 0.5) is 0 Å². The molecule has 0 unspecified atom stereocenters. The Labute approximate surface area is 142 Å². The summed E-state index contributed by atoms with van der Waals surface area (Å²) in [7, 11) is 1.67. The zero-order valence-corrected chi connectivity index (χ0v) is 14.5. The van der Waals surface area contributed by atoms with Crippen molar-refractivity contribution < 1.29 is 9.53 Å². The number of nitrogens with zero attached hydrogens (tertiary/aromatic N) is 3. The SMILES string of the molecule is COCCCn1cnnc1SCC(=O)NCc1ccc(Cl)s1. The molecule has 2 aromatic rings. The second-order valence-corrected chi connectivity index (χ2v) is 7.17. The van der Waals surface area contributed by atoms with Crippen molar-refractivity contribution >= 4 is 40.6 Å². The van der Waals surface area contributed by atoms with E-state index in [0.29, 0.717) is 18.9 Å². The molecule has 2 aromatic heterocycles. The Morgan fingerprint density at radius 1 is 1.55 bits per heavy atom. The monoisotopic (exact) mass is 360 g/mol. The molecule has 0 saturated heterocycles.